The fourth-order valence-electron chi connectivity index (χ4n) is 1.46. The molecule has 0 aliphatic carbocycles. The molecule has 17 heavy (non-hydrogen) atoms. The number of furan rings is 1. The summed E-state index contributed by atoms with van der Waals surface area (Å²) in [5, 5.41) is 9.07. The van der Waals surface area contributed by atoms with Gasteiger partial charge in [0.25, 0.3) is 0 Å². The van der Waals surface area contributed by atoms with Gasteiger partial charge in [0, 0.05) is 10.0 Å². The second kappa shape index (κ2) is 4.62. The van der Waals surface area contributed by atoms with Gasteiger partial charge < -0.3 is 9.52 Å². The van der Waals surface area contributed by atoms with Gasteiger partial charge in [-0.1, -0.05) is 0 Å². The van der Waals surface area contributed by atoms with E-state index in [1.54, 1.807) is 12.1 Å². The van der Waals surface area contributed by atoms with Gasteiger partial charge >= 0.3 is 5.97 Å². The lowest BCUT2D eigenvalue weighted by atomic mass is 10.0. The number of hydrogen-bond donors (Lipinski definition) is 1. The van der Waals surface area contributed by atoms with E-state index in [9.17, 15) is 9.18 Å². The van der Waals surface area contributed by atoms with Crippen molar-refractivity contribution in [1.82, 2.24) is 0 Å². The van der Waals surface area contributed by atoms with Gasteiger partial charge in [-0.25, -0.2) is 9.18 Å². The average molecular weight is 364 g/mol. The summed E-state index contributed by atoms with van der Waals surface area (Å²) in [5.74, 6) is -1.89. The summed E-state index contributed by atoms with van der Waals surface area (Å²) in [5.41, 5.74) is -0.246. The van der Waals surface area contributed by atoms with Gasteiger partial charge in [-0.2, -0.15) is 0 Å². The molecule has 2 aromatic rings. The third-order valence-electron chi connectivity index (χ3n) is 2.15. The molecule has 0 bridgehead atoms. The number of carboxylic acids is 1. The van der Waals surface area contributed by atoms with Crippen LogP contribution in [0, 0.1) is 5.82 Å². The van der Waals surface area contributed by atoms with Crippen LogP contribution in [0.5, 0.6) is 0 Å². The average Bonchev–Trinajstić information content (AvgIpc) is 2.75. The summed E-state index contributed by atoms with van der Waals surface area (Å²) in [6, 6.07) is 4.62. The summed E-state index contributed by atoms with van der Waals surface area (Å²) >= 11 is 6.17. The number of carboxylic acid groups (broad SMARTS) is 1. The van der Waals surface area contributed by atoms with Gasteiger partial charge in [-0.15, -0.1) is 0 Å². The highest BCUT2D eigenvalue weighted by Gasteiger charge is 2.24. The Bertz CT molecular complexity index is 579. The molecule has 0 aliphatic rings. The van der Waals surface area contributed by atoms with Crippen molar-refractivity contribution in [2.45, 2.75) is 0 Å². The molecule has 1 N–H and O–H groups in total. The van der Waals surface area contributed by atoms with E-state index >= 15 is 0 Å². The van der Waals surface area contributed by atoms with E-state index in [1.165, 1.54) is 12.3 Å². The lowest BCUT2D eigenvalue weighted by molar-refractivity contribution is 0.0692. The molecule has 0 radical (unpaired) electrons. The van der Waals surface area contributed by atoms with Crippen molar-refractivity contribution in [2.75, 3.05) is 0 Å². The number of hydrogen-bond acceptors (Lipinski definition) is 2. The molecule has 0 unspecified atom stereocenters. The number of carbonyl (C=O) groups is 1. The molecule has 0 amide bonds. The smallest absolute Gasteiger partial charge is 0.339 e. The molecule has 1 aromatic carbocycles. The normalized spacial score (nSPS) is 10.5. The number of rotatable bonds is 2. The third-order valence-corrected chi connectivity index (χ3v) is 3.36. The van der Waals surface area contributed by atoms with Gasteiger partial charge in [0.15, 0.2) is 5.82 Å². The van der Waals surface area contributed by atoms with E-state index in [-0.39, 0.29) is 10.0 Å². The molecule has 0 spiro atoms. The molecule has 1 aromatic heterocycles. The fraction of sp³-hybridized carbons (Fsp3) is 0. The summed E-state index contributed by atoms with van der Waals surface area (Å²) < 4.78 is 19.4. The molecule has 1 heterocycles. The second-order valence-electron chi connectivity index (χ2n) is 3.19. The van der Waals surface area contributed by atoms with Crippen molar-refractivity contribution in [3.63, 3.8) is 0 Å². The second-order valence-corrected chi connectivity index (χ2v) is 4.90. The Morgan fingerprint density at radius 1 is 1.35 bits per heavy atom. The van der Waals surface area contributed by atoms with Crippen molar-refractivity contribution in [3.05, 3.63) is 44.8 Å². The maximum Gasteiger partial charge on any atom is 0.339 e. The number of halogens is 3. The van der Waals surface area contributed by atoms with E-state index in [0.29, 0.717) is 10.2 Å². The zero-order chi connectivity index (χ0) is 12.6. The van der Waals surface area contributed by atoms with Crippen LogP contribution in [-0.2, 0) is 0 Å². The van der Waals surface area contributed by atoms with E-state index in [4.69, 9.17) is 9.52 Å². The molecular weight excluding hydrogens is 359 g/mol. The minimum atomic E-state index is -1.35. The van der Waals surface area contributed by atoms with Crippen LogP contribution in [0.2, 0.25) is 0 Å². The Hall–Kier alpha value is -1.14. The Morgan fingerprint density at radius 2 is 2.06 bits per heavy atom. The Kier molecular flexibility index (Phi) is 3.35. The number of aromatic carboxylic acids is 1. The maximum atomic E-state index is 13.8. The summed E-state index contributed by atoms with van der Waals surface area (Å²) in [7, 11) is 0. The first-order chi connectivity index (χ1) is 8.02. The minimum absolute atomic E-state index is 0.0806. The summed E-state index contributed by atoms with van der Waals surface area (Å²) in [4.78, 5) is 11.1. The molecule has 0 saturated carbocycles. The van der Waals surface area contributed by atoms with Crippen molar-refractivity contribution in [3.8, 4) is 11.3 Å². The van der Waals surface area contributed by atoms with Crippen LogP contribution in [0.4, 0.5) is 4.39 Å². The Balaban J connectivity index is 2.82. The van der Waals surface area contributed by atoms with E-state index < -0.39 is 17.3 Å². The van der Waals surface area contributed by atoms with E-state index in [2.05, 4.69) is 31.9 Å². The van der Waals surface area contributed by atoms with Crippen LogP contribution in [0.1, 0.15) is 10.4 Å². The predicted molar refractivity (Wildman–Crippen MR) is 66.5 cm³/mol. The zero-order valence-electron chi connectivity index (χ0n) is 8.21. The van der Waals surface area contributed by atoms with Crippen molar-refractivity contribution >= 4 is 37.8 Å². The van der Waals surface area contributed by atoms with Gasteiger partial charge in [-0.3, -0.25) is 0 Å². The molecular formula is C11H5Br2FO3. The van der Waals surface area contributed by atoms with Crippen LogP contribution < -0.4 is 0 Å². The van der Waals surface area contributed by atoms with Crippen molar-refractivity contribution in [1.29, 1.82) is 0 Å². The SMILES string of the molecule is O=C(O)c1c(F)c(Br)cc(Br)c1-c1ccco1. The Labute approximate surface area is 113 Å². The lowest BCUT2D eigenvalue weighted by Gasteiger charge is -2.08. The zero-order valence-corrected chi connectivity index (χ0v) is 11.4. The minimum Gasteiger partial charge on any atom is -0.478 e. The monoisotopic (exact) mass is 362 g/mol. The number of benzene rings is 1. The molecule has 0 fully saturated rings. The largest absolute Gasteiger partial charge is 0.478 e. The molecule has 0 aliphatic heterocycles. The molecule has 3 nitrogen and oxygen atoms in total. The first-order valence-electron chi connectivity index (χ1n) is 4.47. The van der Waals surface area contributed by atoms with Gasteiger partial charge in [-0.05, 0) is 50.1 Å². The topological polar surface area (TPSA) is 50.4 Å². The van der Waals surface area contributed by atoms with Crippen LogP contribution in [0.25, 0.3) is 11.3 Å². The van der Waals surface area contributed by atoms with Gasteiger partial charge in [0.2, 0.25) is 0 Å². The quantitative estimate of drug-likeness (QED) is 0.809. The first-order valence-corrected chi connectivity index (χ1v) is 6.05. The fourth-order valence-corrected chi connectivity index (χ4v) is 2.81. The highest BCUT2D eigenvalue weighted by Crippen LogP contribution is 2.37. The predicted octanol–water partition coefficient (Wildman–Crippen LogP) is 4.31. The molecule has 6 heteroatoms. The van der Waals surface area contributed by atoms with Crippen molar-refractivity contribution < 1.29 is 18.7 Å². The Morgan fingerprint density at radius 3 is 2.59 bits per heavy atom. The highest BCUT2D eigenvalue weighted by molar-refractivity contribution is 9.11. The summed E-state index contributed by atoms with van der Waals surface area (Å²) in [6.07, 6.45) is 1.40. The first kappa shape index (κ1) is 12.3. The van der Waals surface area contributed by atoms with Crippen LogP contribution >= 0.6 is 31.9 Å². The molecule has 2 rings (SSSR count). The van der Waals surface area contributed by atoms with E-state index in [0.717, 1.165) is 0 Å². The van der Waals surface area contributed by atoms with Gasteiger partial charge in [0.05, 0.1) is 10.7 Å². The van der Waals surface area contributed by atoms with Crippen LogP contribution in [0.3, 0.4) is 0 Å². The standard InChI is InChI=1S/C11H5Br2FO3/c12-5-4-6(13)10(14)9(11(15)16)8(5)7-2-1-3-17-7/h1-4H,(H,15,16). The third kappa shape index (κ3) is 2.14. The summed E-state index contributed by atoms with van der Waals surface area (Å²) in [6.45, 7) is 0. The van der Waals surface area contributed by atoms with Gasteiger partial charge in [0.1, 0.15) is 11.3 Å². The maximum absolute atomic E-state index is 13.8. The lowest BCUT2D eigenvalue weighted by Crippen LogP contribution is -2.05. The molecule has 0 atom stereocenters. The molecule has 0 saturated heterocycles. The molecule has 88 valence electrons. The highest BCUT2D eigenvalue weighted by atomic mass is 79.9. The van der Waals surface area contributed by atoms with E-state index in [1.807, 2.05) is 0 Å². The van der Waals surface area contributed by atoms with Crippen LogP contribution in [0.15, 0.2) is 37.8 Å². The van der Waals surface area contributed by atoms with Crippen LogP contribution in [-0.4, -0.2) is 11.1 Å². The van der Waals surface area contributed by atoms with Crippen molar-refractivity contribution in [2.24, 2.45) is 0 Å².